The van der Waals surface area contributed by atoms with Crippen molar-refractivity contribution >= 4 is 44.1 Å². The highest BCUT2D eigenvalue weighted by Crippen LogP contribution is 2.45. The van der Waals surface area contributed by atoms with Crippen molar-refractivity contribution in [3.8, 4) is 68.5 Å². The summed E-state index contributed by atoms with van der Waals surface area (Å²) in [6, 6.07) is 24.2. The molecule has 16 nitrogen and oxygen atoms in total. The van der Waals surface area contributed by atoms with E-state index in [1.54, 1.807) is 0 Å². The summed E-state index contributed by atoms with van der Waals surface area (Å²) in [6.45, 7) is 6.77. The molecule has 2 N–H and O–H groups in total. The third kappa shape index (κ3) is 7.74. The summed E-state index contributed by atoms with van der Waals surface area (Å²) >= 11 is 0. The first-order valence-electron chi connectivity index (χ1n) is 24.7. The second-order valence-corrected chi connectivity index (χ2v) is 18.6. The van der Waals surface area contributed by atoms with Crippen molar-refractivity contribution in [3.05, 3.63) is 72.8 Å². The zero-order chi connectivity index (χ0) is 45.0. The summed E-state index contributed by atoms with van der Waals surface area (Å²) in [4.78, 5) is 66.4. The Hall–Kier alpha value is -6.72. The van der Waals surface area contributed by atoms with Crippen LogP contribution in [0.1, 0.15) is 77.0 Å². The SMILES string of the molecule is c1cc(ON2CCCCC2)c2c(c1)-c1nc-2nc2nc(nc3[nH]c(nc4[nH]c(n1)c1c(ON5CCCCC5)cccc41)c1c(ON4CCCCC4)cccc31)-c1c(ON3CCCCC3)cccc1-2. The molecular weight excluding hydrogens is 857 g/mol. The Bertz CT molecular complexity index is 3220. The summed E-state index contributed by atoms with van der Waals surface area (Å²) in [5.74, 6) is 4.59. The van der Waals surface area contributed by atoms with Crippen LogP contribution in [-0.4, -0.2) is 112 Å². The van der Waals surface area contributed by atoms with E-state index in [-0.39, 0.29) is 0 Å². The van der Waals surface area contributed by atoms with E-state index in [9.17, 15) is 0 Å². The molecule has 68 heavy (non-hydrogen) atoms. The molecule has 0 aliphatic carbocycles. The largest absolute Gasteiger partial charge is 0.405 e. The molecular formula is C52H54N12O4. The predicted molar refractivity (Wildman–Crippen MR) is 260 cm³/mol. The maximum Gasteiger partial charge on any atom is 0.168 e. The van der Waals surface area contributed by atoms with Gasteiger partial charge in [-0.05, 0) is 75.6 Å². The standard InChI is InChI=1S/C52H54N12O4/c1-5-25-61(26-6-1)65-37-21-13-17-33-41(37)49-53-45(33)58-50-43-35(19-15-23-39(43)67-63-29-9-3-10-30-63)47(55-50)60-52-44-36(20-16-24-40(44)68-64-31-11-4-12-32-64)48(56-52)59-51-42-34(46(54-51)57-49)18-14-22-38(42)66-62-27-7-2-8-28-62/h13-24H,1-12,25-32H2,(H2,53,54,55,56,57,58,59,60). The smallest absolute Gasteiger partial charge is 0.168 e. The van der Waals surface area contributed by atoms with Gasteiger partial charge in [0.25, 0.3) is 0 Å². The first-order valence-corrected chi connectivity index (χ1v) is 24.7. The normalized spacial score (nSPS) is 18.4. The minimum absolute atomic E-state index is 0.449. The maximum absolute atomic E-state index is 6.74. The molecule has 0 saturated carbocycles. The van der Waals surface area contributed by atoms with Gasteiger partial charge in [-0.1, -0.05) is 74.2 Å². The third-order valence-electron chi connectivity index (χ3n) is 14.0. The van der Waals surface area contributed by atoms with Gasteiger partial charge in [-0.25, -0.2) is 29.9 Å². The van der Waals surface area contributed by atoms with E-state index in [0.717, 1.165) is 148 Å². The molecule has 9 heterocycles. The van der Waals surface area contributed by atoms with Crippen LogP contribution in [0.5, 0.6) is 23.0 Å². The molecule has 6 aliphatic rings. The van der Waals surface area contributed by atoms with Crippen LogP contribution in [0.3, 0.4) is 0 Å². The van der Waals surface area contributed by atoms with E-state index in [2.05, 4.69) is 37.3 Å². The van der Waals surface area contributed by atoms with Crippen LogP contribution in [0.15, 0.2) is 72.8 Å². The Kier molecular flexibility index (Phi) is 10.8. The molecule has 4 aromatic carbocycles. The molecule has 3 aromatic heterocycles. The van der Waals surface area contributed by atoms with Crippen LogP contribution in [-0.2, 0) is 0 Å². The first-order chi connectivity index (χ1) is 33.7. The van der Waals surface area contributed by atoms with E-state index in [1.807, 2.05) is 65.7 Å². The average Bonchev–Trinajstić information content (AvgIpc) is 4.12. The van der Waals surface area contributed by atoms with Crippen molar-refractivity contribution in [2.75, 3.05) is 52.4 Å². The van der Waals surface area contributed by atoms with Crippen LogP contribution >= 0.6 is 0 Å². The van der Waals surface area contributed by atoms with Gasteiger partial charge in [-0.15, -0.1) is 20.3 Å². The van der Waals surface area contributed by atoms with Gasteiger partial charge >= 0.3 is 0 Å². The fourth-order valence-corrected chi connectivity index (χ4v) is 10.5. The van der Waals surface area contributed by atoms with E-state index in [1.165, 1.54) is 25.7 Å². The summed E-state index contributed by atoms with van der Waals surface area (Å²) in [5, 5.41) is 11.5. The fourth-order valence-electron chi connectivity index (χ4n) is 10.5. The van der Waals surface area contributed by atoms with Crippen molar-refractivity contribution in [1.82, 2.24) is 60.1 Å². The number of nitrogens with zero attached hydrogens (tertiary/aromatic N) is 10. The van der Waals surface area contributed by atoms with Crippen molar-refractivity contribution < 1.29 is 19.4 Å². The van der Waals surface area contributed by atoms with E-state index in [0.29, 0.717) is 68.9 Å². The molecule has 8 bridgehead atoms. The highest BCUT2D eigenvalue weighted by atomic mass is 16.7. The zero-order valence-electron chi connectivity index (χ0n) is 38.2. The lowest BCUT2D eigenvalue weighted by molar-refractivity contribution is -0.0715. The number of H-pyrrole nitrogens is 2. The number of piperidine rings is 4. The number of hydroxylamine groups is 8. The molecule has 13 rings (SSSR count). The maximum atomic E-state index is 6.74. The van der Waals surface area contributed by atoms with Gasteiger partial charge in [0.15, 0.2) is 46.3 Å². The highest BCUT2D eigenvalue weighted by Gasteiger charge is 2.30. The number of nitrogens with one attached hydrogen (secondary N) is 2. The van der Waals surface area contributed by atoms with Gasteiger partial charge in [0, 0.05) is 74.3 Å². The molecule has 6 aliphatic heterocycles. The molecule has 0 spiro atoms. The van der Waals surface area contributed by atoms with Gasteiger partial charge in [-0.3, -0.25) is 0 Å². The zero-order valence-corrected chi connectivity index (χ0v) is 38.2. The summed E-state index contributed by atoms with van der Waals surface area (Å²) in [7, 11) is 0. The quantitative estimate of drug-likeness (QED) is 0.148. The second kappa shape index (κ2) is 17.7. The lowest BCUT2D eigenvalue weighted by atomic mass is 10.1. The lowest BCUT2D eigenvalue weighted by Crippen LogP contribution is -2.33. The second-order valence-electron chi connectivity index (χ2n) is 18.6. The Morgan fingerprint density at radius 1 is 0.324 bits per heavy atom. The fraction of sp³-hybridized carbons (Fsp3) is 0.385. The third-order valence-corrected chi connectivity index (χ3v) is 14.0. The molecule has 346 valence electrons. The number of hydrogen-bond acceptors (Lipinski definition) is 14. The summed E-state index contributed by atoms with van der Waals surface area (Å²) < 4.78 is 0. The Balaban J connectivity index is 1.11. The minimum Gasteiger partial charge on any atom is -0.405 e. The van der Waals surface area contributed by atoms with E-state index < -0.39 is 0 Å². The van der Waals surface area contributed by atoms with Gasteiger partial charge in [0.05, 0.1) is 21.9 Å². The van der Waals surface area contributed by atoms with Gasteiger partial charge in [0.2, 0.25) is 0 Å². The number of aromatic nitrogens is 8. The average molecular weight is 911 g/mol. The van der Waals surface area contributed by atoms with Crippen LogP contribution in [0.25, 0.3) is 89.7 Å². The number of rotatable bonds is 8. The number of fused-ring (bicyclic) bond motifs is 20. The number of hydrogen-bond donors (Lipinski definition) is 2. The van der Waals surface area contributed by atoms with Crippen molar-refractivity contribution in [2.45, 2.75) is 77.0 Å². The molecule has 0 radical (unpaired) electrons. The van der Waals surface area contributed by atoms with Crippen molar-refractivity contribution in [3.63, 3.8) is 0 Å². The van der Waals surface area contributed by atoms with Gasteiger partial charge in [0.1, 0.15) is 22.6 Å². The minimum atomic E-state index is 0.449. The predicted octanol–water partition coefficient (Wildman–Crippen LogP) is 9.99. The topological polar surface area (TPSA) is 159 Å². The van der Waals surface area contributed by atoms with E-state index >= 15 is 0 Å². The monoisotopic (exact) mass is 910 g/mol. The van der Waals surface area contributed by atoms with Crippen LogP contribution < -0.4 is 19.4 Å². The molecule has 0 amide bonds. The number of aromatic amines is 2. The molecule has 4 saturated heterocycles. The Morgan fingerprint density at radius 3 is 1.12 bits per heavy atom. The van der Waals surface area contributed by atoms with Gasteiger partial charge in [-0.2, -0.15) is 0 Å². The Labute approximate surface area is 393 Å². The van der Waals surface area contributed by atoms with Crippen molar-refractivity contribution in [2.24, 2.45) is 0 Å². The van der Waals surface area contributed by atoms with Gasteiger partial charge < -0.3 is 29.3 Å². The molecule has 16 heteroatoms. The van der Waals surface area contributed by atoms with E-state index in [4.69, 9.17) is 49.3 Å². The highest BCUT2D eigenvalue weighted by molar-refractivity contribution is 6.11. The van der Waals surface area contributed by atoms with Crippen LogP contribution in [0.4, 0.5) is 0 Å². The van der Waals surface area contributed by atoms with Crippen LogP contribution in [0.2, 0.25) is 0 Å². The lowest BCUT2D eigenvalue weighted by Gasteiger charge is -2.26. The number of benzene rings is 4. The first kappa shape index (κ1) is 41.5. The molecule has 0 unspecified atom stereocenters. The summed E-state index contributed by atoms with van der Waals surface area (Å²) in [6.07, 6.45) is 13.4. The van der Waals surface area contributed by atoms with Crippen LogP contribution in [0, 0.1) is 0 Å². The summed E-state index contributed by atoms with van der Waals surface area (Å²) in [5.41, 5.74) is 5.43. The Morgan fingerprint density at radius 2 is 0.662 bits per heavy atom. The molecule has 4 fully saturated rings. The molecule has 7 aromatic rings. The van der Waals surface area contributed by atoms with Crippen molar-refractivity contribution in [1.29, 1.82) is 0 Å². The molecule has 0 atom stereocenters.